The molecular weight excluding hydrogens is 577 g/mol. The highest BCUT2D eigenvalue weighted by Gasteiger charge is 2.60. The summed E-state index contributed by atoms with van der Waals surface area (Å²) in [6.45, 7) is 0.257. The van der Waals surface area contributed by atoms with Gasteiger partial charge in [-0.3, -0.25) is 19.2 Å². The lowest BCUT2D eigenvalue weighted by Crippen LogP contribution is -2.66. The Kier molecular flexibility index (Phi) is 7.95. The van der Waals surface area contributed by atoms with E-state index in [1.54, 1.807) is 4.90 Å². The van der Waals surface area contributed by atoms with Crippen LogP contribution in [0.15, 0.2) is 24.3 Å². The molecule has 10 nitrogen and oxygen atoms in total. The maximum atomic E-state index is 14.8. The highest BCUT2D eigenvalue weighted by molar-refractivity contribution is 5.94. The molecule has 45 heavy (non-hydrogen) atoms. The predicted octanol–water partition coefficient (Wildman–Crippen LogP) is 2.82. The van der Waals surface area contributed by atoms with E-state index in [9.17, 15) is 28.8 Å². The largest absolute Gasteiger partial charge is 0.484 e. The van der Waals surface area contributed by atoms with E-state index in [4.69, 9.17) is 4.74 Å². The molecule has 1 aromatic rings. The van der Waals surface area contributed by atoms with Crippen LogP contribution in [0.5, 0.6) is 5.75 Å². The summed E-state index contributed by atoms with van der Waals surface area (Å²) in [5, 5.41) is 18.6. The summed E-state index contributed by atoms with van der Waals surface area (Å²) in [6, 6.07) is 5.19. The second-order valence-corrected chi connectivity index (χ2v) is 14.6. The van der Waals surface area contributed by atoms with E-state index in [1.807, 2.05) is 0 Å². The van der Waals surface area contributed by atoms with Crippen molar-refractivity contribution in [2.45, 2.75) is 94.8 Å². The molecule has 6 bridgehead atoms. The Bertz CT molecular complexity index is 1360. The van der Waals surface area contributed by atoms with Crippen molar-refractivity contribution in [3.05, 3.63) is 30.1 Å². The molecule has 1 aromatic carbocycles. The number of piperidine rings is 1. The van der Waals surface area contributed by atoms with Crippen LogP contribution in [0.4, 0.5) is 4.39 Å². The minimum atomic E-state index is -0.829. The van der Waals surface area contributed by atoms with Gasteiger partial charge in [0.1, 0.15) is 29.7 Å². The number of nitriles is 1. The van der Waals surface area contributed by atoms with E-state index >= 15 is 0 Å². The number of hydrogen-bond acceptors (Lipinski definition) is 6. The van der Waals surface area contributed by atoms with E-state index < -0.39 is 29.8 Å². The average molecular weight is 620 g/mol. The number of hydrogen-bond donors (Lipinski definition) is 3. The minimum absolute atomic E-state index is 0.0115. The molecular formula is C34H42FN5O5. The summed E-state index contributed by atoms with van der Waals surface area (Å²) in [5.41, 5.74) is -0.370. The molecule has 5 aliphatic carbocycles. The number of nitrogens with zero attached hydrogens (tertiary/aromatic N) is 2. The third kappa shape index (κ3) is 5.77. The topological polar surface area (TPSA) is 141 Å². The smallest absolute Gasteiger partial charge is 0.258 e. The van der Waals surface area contributed by atoms with E-state index in [0.717, 1.165) is 38.5 Å². The van der Waals surface area contributed by atoms with Gasteiger partial charge in [0.2, 0.25) is 17.7 Å². The molecule has 3 N–H and O–H groups in total. The van der Waals surface area contributed by atoms with Gasteiger partial charge < -0.3 is 25.6 Å². The lowest BCUT2D eigenvalue weighted by atomic mass is 9.47. The number of carbonyl (C=O) groups excluding carboxylic acids is 4. The molecule has 4 amide bonds. The molecule has 0 spiro atoms. The number of nitrogens with one attached hydrogen (secondary N) is 3. The third-order valence-electron chi connectivity index (χ3n) is 11.7. The van der Waals surface area contributed by atoms with Crippen molar-refractivity contribution < 1.29 is 28.3 Å². The van der Waals surface area contributed by atoms with Crippen LogP contribution in [-0.2, 0) is 19.2 Å². The molecule has 2 heterocycles. The van der Waals surface area contributed by atoms with Crippen molar-refractivity contribution in [1.29, 1.82) is 5.26 Å². The number of halogens is 1. The van der Waals surface area contributed by atoms with Gasteiger partial charge >= 0.3 is 0 Å². The van der Waals surface area contributed by atoms with E-state index in [-0.39, 0.29) is 54.0 Å². The molecule has 7 fully saturated rings. The molecule has 0 aromatic heterocycles. The monoisotopic (exact) mass is 619 g/mol. The van der Waals surface area contributed by atoms with Crippen molar-refractivity contribution in [2.75, 3.05) is 13.2 Å². The molecule has 5 saturated carbocycles. The van der Waals surface area contributed by atoms with Crippen molar-refractivity contribution >= 4 is 23.6 Å². The fraction of sp³-hybridized carbons (Fsp3) is 0.676. The van der Waals surface area contributed by atoms with Crippen LogP contribution in [0.1, 0.15) is 70.6 Å². The quantitative estimate of drug-likeness (QED) is 0.368. The van der Waals surface area contributed by atoms with Gasteiger partial charge in [-0.05, 0) is 119 Å². The maximum absolute atomic E-state index is 14.8. The van der Waals surface area contributed by atoms with E-state index in [0.29, 0.717) is 36.5 Å². The summed E-state index contributed by atoms with van der Waals surface area (Å²) in [4.78, 5) is 56.0. The second kappa shape index (κ2) is 11.9. The molecule has 2 aliphatic heterocycles. The zero-order valence-corrected chi connectivity index (χ0v) is 25.5. The van der Waals surface area contributed by atoms with Crippen LogP contribution < -0.4 is 20.7 Å². The molecule has 11 heteroatoms. The fourth-order valence-corrected chi connectivity index (χ4v) is 10.2. The first-order valence-corrected chi connectivity index (χ1v) is 16.7. The normalized spacial score (nSPS) is 35.4. The Morgan fingerprint density at radius 2 is 1.71 bits per heavy atom. The van der Waals surface area contributed by atoms with Gasteiger partial charge in [-0.15, -0.1) is 0 Å². The number of fused-ring (bicyclic) bond motifs is 2. The van der Waals surface area contributed by atoms with Crippen molar-refractivity contribution in [1.82, 2.24) is 20.9 Å². The molecule has 0 radical (unpaired) electrons. The third-order valence-corrected chi connectivity index (χ3v) is 11.7. The number of rotatable bonds is 10. The van der Waals surface area contributed by atoms with Crippen LogP contribution >= 0.6 is 0 Å². The van der Waals surface area contributed by atoms with Gasteiger partial charge in [0.15, 0.2) is 6.61 Å². The Balaban J connectivity index is 1.11. The highest BCUT2D eigenvalue weighted by Crippen LogP contribution is 2.61. The summed E-state index contributed by atoms with van der Waals surface area (Å²) in [7, 11) is 0. The van der Waals surface area contributed by atoms with Crippen molar-refractivity contribution in [2.24, 2.45) is 35.0 Å². The van der Waals surface area contributed by atoms with Gasteiger partial charge in [0, 0.05) is 23.9 Å². The maximum Gasteiger partial charge on any atom is 0.258 e. The van der Waals surface area contributed by atoms with Gasteiger partial charge in [0.05, 0.1) is 6.07 Å². The number of ether oxygens (including phenoxy) is 1. The Hall–Kier alpha value is -3.68. The molecule has 240 valence electrons. The second-order valence-electron chi connectivity index (χ2n) is 14.6. The van der Waals surface area contributed by atoms with Gasteiger partial charge in [0.25, 0.3) is 5.91 Å². The van der Waals surface area contributed by atoms with Gasteiger partial charge in [-0.25, -0.2) is 4.39 Å². The van der Waals surface area contributed by atoms with Crippen LogP contribution in [0.25, 0.3) is 0 Å². The van der Waals surface area contributed by atoms with Crippen LogP contribution in [0.3, 0.4) is 0 Å². The Labute approximate surface area is 262 Å². The summed E-state index contributed by atoms with van der Waals surface area (Å²) in [5.74, 6) is 0.174. The van der Waals surface area contributed by atoms with E-state index in [2.05, 4.69) is 22.0 Å². The van der Waals surface area contributed by atoms with Crippen molar-refractivity contribution in [3.63, 3.8) is 0 Å². The lowest BCUT2D eigenvalue weighted by Gasteiger charge is -2.59. The minimum Gasteiger partial charge on any atom is -0.484 e. The number of likely N-dealkylation sites (tertiary alicyclic amines) is 1. The Morgan fingerprint density at radius 3 is 2.33 bits per heavy atom. The zero-order chi connectivity index (χ0) is 31.3. The average Bonchev–Trinajstić information content (AvgIpc) is 3.75. The molecule has 7 aliphatic rings. The van der Waals surface area contributed by atoms with Crippen LogP contribution in [-0.4, -0.2) is 65.8 Å². The standard InChI is InChI=1S/C34H42FN5O5/c35-24-2-5-27(6-3-24)45-18-28(41)39-30(34-14-19-9-20(15-34)11-21(10-19)16-34)33(44)40-26-4-1-22(13-26)29(40)32(43)38-25(17-36)12-23-7-8-37-31(23)42/h2-3,5-6,19-23,25-26,29-30H,1,4,7-16,18H2,(H,37,42)(H,38,43)(H,39,41)/t19?,20?,21?,22-,23-,25-,26+,29-,30+,34?/m0/s1. The number of carbonyl (C=O) groups is 4. The molecule has 6 atom stereocenters. The van der Waals surface area contributed by atoms with E-state index in [1.165, 1.54) is 43.5 Å². The lowest BCUT2D eigenvalue weighted by molar-refractivity contribution is -0.156. The van der Waals surface area contributed by atoms with Crippen molar-refractivity contribution in [3.8, 4) is 11.8 Å². The SMILES string of the molecule is N#C[C@H](C[C@@H]1CCNC1=O)NC(=O)[C@@H]1[C@H]2CC[C@H](C2)N1C(=O)[C@@H](NC(=O)COc1ccc(F)cc1)C12CC3CC(CC(C3)C1)C2. The zero-order valence-electron chi connectivity index (χ0n) is 25.5. The first-order chi connectivity index (χ1) is 21.7. The van der Waals surface area contributed by atoms with Gasteiger partial charge in [-0.1, -0.05) is 0 Å². The van der Waals surface area contributed by atoms with Crippen LogP contribution in [0.2, 0.25) is 0 Å². The first-order valence-electron chi connectivity index (χ1n) is 16.7. The summed E-state index contributed by atoms with van der Waals surface area (Å²) < 4.78 is 19.0. The fourth-order valence-electron chi connectivity index (χ4n) is 10.2. The Morgan fingerprint density at radius 1 is 1.02 bits per heavy atom. The molecule has 0 unspecified atom stereocenters. The highest BCUT2D eigenvalue weighted by atomic mass is 19.1. The number of benzene rings is 1. The van der Waals surface area contributed by atoms with Gasteiger partial charge in [-0.2, -0.15) is 5.26 Å². The number of amides is 4. The molecule has 2 saturated heterocycles. The first kappa shape index (κ1) is 30.0. The van der Waals surface area contributed by atoms with Crippen LogP contribution in [0, 0.1) is 52.2 Å². The summed E-state index contributed by atoms with van der Waals surface area (Å²) >= 11 is 0. The molecule has 8 rings (SSSR count). The summed E-state index contributed by atoms with van der Waals surface area (Å²) in [6.07, 6.45) is 9.40. The predicted molar refractivity (Wildman–Crippen MR) is 159 cm³/mol.